The average Bonchev–Trinajstić information content (AvgIpc) is 3.33. The van der Waals surface area contributed by atoms with Gasteiger partial charge in [-0.15, -0.1) is 11.3 Å². The van der Waals surface area contributed by atoms with Crippen LogP contribution in [-0.4, -0.2) is 79.6 Å². The maximum Gasteiger partial charge on any atom is 0.176 e. The van der Waals surface area contributed by atoms with Crippen molar-refractivity contribution >= 4 is 40.3 Å². The predicted octanol–water partition coefficient (Wildman–Crippen LogP) is 4.43. The molecule has 0 radical (unpaired) electrons. The van der Waals surface area contributed by atoms with Crippen molar-refractivity contribution < 1.29 is 0 Å². The van der Waals surface area contributed by atoms with Crippen LogP contribution >= 0.6 is 34.5 Å². The summed E-state index contributed by atoms with van der Waals surface area (Å²) in [6.07, 6.45) is 6.14. The Morgan fingerprint density at radius 2 is 1.97 bits per heavy atom. The van der Waals surface area contributed by atoms with Crippen molar-refractivity contribution in [2.45, 2.75) is 19.1 Å². The van der Waals surface area contributed by atoms with Crippen LogP contribution < -0.4 is 5.32 Å². The highest BCUT2D eigenvalue weighted by molar-refractivity contribution is 7.12. The Bertz CT molecular complexity index is 922. The lowest BCUT2D eigenvalue weighted by molar-refractivity contribution is 0.150. The van der Waals surface area contributed by atoms with Crippen molar-refractivity contribution in [1.29, 1.82) is 0 Å². The Hall–Kier alpha value is -1.41. The van der Waals surface area contributed by atoms with Gasteiger partial charge in [-0.05, 0) is 61.7 Å². The van der Waals surface area contributed by atoms with E-state index in [0.717, 1.165) is 75.0 Å². The topological polar surface area (TPSA) is 34.1 Å². The number of hydrogen-bond acceptors (Lipinski definition) is 6. The second kappa shape index (κ2) is 11.6. The first-order valence-electron chi connectivity index (χ1n) is 11.2. The summed E-state index contributed by atoms with van der Waals surface area (Å²) in [6, 6.07) is 9.92. The summed E-state index contributed by atoms with van der Waals surface area (Å²) in [5.74, 6) is 0. The number of nitrogens with zero attached hydrogens (tertiary/aromatic N) is 4. The summed E-state index contributed by atoms with van der Waals surface area (Å²) >= 11 is 14.2. The molecule has 172 valence electrons. The van der Waals surface area contributed by atoms with Crippen LogP contribution in [0.1, 0.15) is 16.9 Å². The number of aliphatic imine (C=N–C) groups is 1. The number of allylic oxidation sites excluding steroid dienone is 1. The monoisotopic (exact) mass is 491 g/mol. The third-order valence-electron chi connectivity index (χ3n) is 6.00. The van der Waals surface area contributed by atoms with Gasteiger partial charge in [-0.2, -0.15) is 0 Å². The van der Waals surface area contributed by atoms with E-state index >= 15 is 0 Å². The summed E-state index contributed by atoms with van der Waals surface area (Å²) in [4.78, 5) is 13.4. The fourth-order valence-corrected chi connectivity index (χ4v) is 5.21. The first kappa shape index (κ1) is 23.7. The lowest BCUT2D eigenvalue weighted by atomic mass is 10.1. The number of likely N-dealkylation sites (N-methyl/N-ethyl adjacent to an activating group) is 1. The SMILES string of the molecule is CN1CCN(CCCNC2N=C(c3cccs3)C=CN2CCc2ccc(Cl)cc2Cl)CC1. The number of hydrogen-bond donors (Lipinski definition) is 1. The van der Waals surface area contributed by atoms with Crippen LogP contribution in [0.15, 0.2) is 53.0 Å². The molecule has 3 heterocycles. The van der Waals surface area contributed by atoms with Gasteiger partial charge in [-0.1, -0.05) is 35.3 Å². The Balaban J connectivity index is 1.34. The van der Waals surface area contributed by atoms with E-state index in [1.807, 2.05) is 18.2 Å². The van der Waals surface area contributed by atoms with Gasteiger partial charge in [0.05, 0.1) is 10.6 Å². The molecular formula is C24H31Cl2N5S. The van der Waals surface area contributed by atoms with E-state index in [1.54, 1.807) is 11.3 Å². The number of rotatable bonds is 9. The molecular weight excluding hydrogens is 461 g/mol. The highest BCUT2D eigenvalue weighted by atomic mass is 35.5. The Morgan fingerprint density at radius 1 is 1.12 bits per heavy atom. The number of thiophene rings is 1. The molecule has 0 bridgehead atoms. The summed E-state index contributed by atoms with van der Waals surface area (Å²) in [6.45, 7) is 7.55. The van der Waals surface area contributed by atoms with Gasteiger partial charge in [-0.3, -0.25) is 5.32 Å². The fourth-order valence-electron chi connectivity index (χ4n) is 4.01. The lowest BCUT2D eigenvalue weighted by Gasteiger charge is -2.33. The molecule has 2 aromatic rings. The molecule has 8 heteroatoms. The molecule has 1 saturated heterocycles. The number of piperazine rings is 1. The molecule has 0 amide bonds. The van der Waals surface area contributed by atoms with Gasteiger partial charge in [0.15, 0.2) is 6.29 Å². The minimum Gasteiger partial charge on any atom is -0.344 e. The highest BCUT2D eigenvalue weighted by Crippen LogP contribution is 2.23. The Kier molecular flexibility index (Phi) is 8.63. The zero-order valence-corrected chi connectivity index (χ0v) is 20.8. The van der Waals surface area contributed by atoms with E-state index in [4.69, 9.17) is 28.2 Å². The normalized spacial score (nSPS) is 20.0. The third-order valence-corrected chi connectivity index (χ3v) is 7.48. The molecule has 1 N–H and O–H groups in total. The zero-order chi connectivity index (χ0) is 22.3. The van der Waals surface area contributed by atoms with Crippen LogP contribution in [0.4, 0.5) is 0 Å². The van der Waals surface area contributed by atoms with Crippen molar-refractivity contribution in [3.05, 3.63) is 68.5 Å². The average molecular weight is 493 g/mol. The molecule has 4 rings (SSSR count). The Morgan fingerprint density at radius 3 is 2.72 bits per heavy atom. The van der Waals surface area contributed by atoms with Gasteiger partial charge < -0.3 is 14.7 Å². The van der Waals surface area contributed by atoms with E-state index in [2.05, 4.69) is 56.9 Å². The zero-order valence-electron chi connectivity index (χ0n) is 18.5. The van der Waals surface area contributed by atoms with Gasteiger partial charge in [-0.25, -0.2) is 4.99 Å². The third kappa shape index (κ3) is 6.56. The fraction of sp³-hybridized carbons (Fsp3) is 0.458. The van der Waals surface area contributed by atoms with Crippen LogP contribution in [0, 0.1) is 0 Å². The molecule has 1 fully saturated rings. The van der Waals surface area contributed by atoms with Crippen LogP contribution in [-0.2, 0) is 6.42 Å². The Labute approximate surface area is 205 Å². The van der Waals surface area contributed by atoms with Crippen molar-refractivity contribution in [2.24, 2.45) is 4.99 Å². The van der Waals surface area contributed by atoms with Gasteiger partial charge >= 0.3 is 0 Å². The molecule has 1 unspecified atom stereocenters. The summed E-state index contributed by atoms with van der Waals surface area (Å²) in [7, 11) is 2.20. The molecule has 0 spiro atoms. The standard InChI is InChI=1S/C24H31Cl2N5S/c1-29-13-15-30(16-14-29)10-3-9-27-24-28-22(23-4-2-17-32-23)8-12-31(24)11-7-19-5-6-20(25)18-21(19)26/h2,4-6,8,12,17-18,24,27H,3,7,9-11,13-16H2,1H3. The number of halogens is 2. The van der Waals surface area contributed by atoms with Gasteiger partial charge in [0.1, 0.15) is 0 Å². The molecule has 0 aliphatic carbocycles. The molecule has 32 heavy (non-hydrogen) atoms. The van der Waals surface area contributed by atoms with Crippen molar-refractivity contribution in [2.75, 3.05) is 52.9 Å². The van der Waals surface area contributed by atoms with E-state index in [9.17, 15) is 0 Å². The summed E-state index contributed by atoms with van der Waals surface area (Å²) in [5, 5.41) is 7.16. The first-order valence-corrected chi connectivity index (χ1v) is 12.9. The maximum absolute atomic E-state index is 6.39. The lowest BCUT2D eigenvalue weighted by Crippen LogP contribution is -2.47. The van der Waals surface area contributed by atoms with E-state index in [0.29, 0.717) is 5.02 Å². The van der Waals surface area contributed by atoms with Crippen molar-refractivity contribution in [1.82, 2.24) is 20.0 Å². The van der Waals surface area contributed by atoms with Crippen molar-refractivity contribution in [3.63, 3.8) is 0 Å². The highest BCUT2D eigenvalue weighted by Gasteiger charge is 2.20. The molecule has 1 aromatic heterocycles. The maximum atomic E-state index is 6.39. The van der Waals surface area contributed by atoms with Crippen LogP contribution in [0.3, 0.4) is 0 Å². The first-order chi connectivity index (χ1) is 15.6. The van der Waals surface area contributed by atoms with E-state index in [1.165, 1.54) is 4.88 Å². The van der Waals surface area contributed by atoms with E-state index < -0.39 is 0 Å². The smallest absolute Gasteiger partial charge is 0.176 e. The minimum absolute atomic E-state index is 0.0735. The van der Waals surface area contributed by atoms with Crippen molar-refractivity contribution in [3.8, 4) is 0 Å². The summed E-state index contributed by atoms with van der Waals surface area (Å²) < 4.78 is 0. The van der Waals surface area contributed by atoms with Crippen LogP contribution in [0.2, 0.25) is 10.0 Å². The summed E-state index contributed by atoms with van der Waals surface area (Å²) in [5.41, 5.74) is 2.14. The number of nitrogens with one attached hydrogen (secondary N) is 1. The van der Waals surface area contributed by atoms with Gasteiger partial charge in [0.25, 0.3) is 0 Å². The van der Waals surface area contributed by atoms with Crippen LogP contribution in [0.25, 0.3) is 0 Å². The largest absolute Gasteiger partial charge is 0.344 e. The molecule has 2 aliphatic heterocycles. The number of benzene rings is 1. The van der Waals surface area contributed by atoms with Crippen LogP contribution in [0.5, 0.6) is 0 Å². The molecule has 0 saturated carbocycles. The van der Waals surface area contributed by atoms with Gasteiger partial charge in [0.2, 0.25) is 0 Å². The molecule has 2 aliphatic rings. The molecule has 5 nitrogen and oxygen atoms in total. The van der Waals surface area contributed by atoms with E-state index in [-0.39, 0.29) is 6.29 Å². The quantitative estimate of drug-likeness (QED) is 0.526. The molecule has 1 atom stereocenters. The molecule has 1 aromatic carbocycles. The predicted molar refractivity (Wildman–Crippen MR) is 137 cm³/mol. The van der Waals surface area contributed by atoms with Gasteiger partial charge in [0, 0.05) is 55.5 Å². The second-order valence-electron chi connectivity index (χ2n) is 8.36. The minimum atomic E-state index is -0.0735. The second-order valence-corrected chi connectivity index (χ2v) is 10.1.